The van der Waals surface area contributed by atoms with Gasteiger partial charge < -0.3 is 16.4 Å². The van der Waals surface area contributed by atoms with Crippen molar-refractivity contribution >= 4 is 34.8 Å². The average molecular weight is 304 g/mol. The molecule has 2 aromatic carbocycles. The molecule has 2 amide bonds. The second-order valence-corrected chi connectivity index (χ2v) is 4.76. The van der Waals surface area contributed by atoms with E-state index >= 15 is 0 Å². The summed E-state index contributed by atoms with van der Waals surface area (Å²) >= 11 is 5.97. The molecule has 0 aromatic heterocycles. The summed E-state index contributed by atoms with van der Waals surface area (Å²) in [5, 5.41) is 5.55. The molecule has 0 bridgehead atoms. The van der Waals surface area contributed by atoms with E-state index in [0.29, 0.717) is 27.5 Å². The smallest absolute Gasteiger partial charge is 0.257 e. The van der Waals surface area contributed by atoms with E-state index < -0.39 is 0 Å². The predicted octanol–water partition coefficient (Wildman–Crippen LogP) is 2.53. The van der Waals surface area contributed by atoms with Crippen LogP contribution in [0.3, 0.4) is 0 Å². The summed E-state index contributed by atoms with van der Waals surface area (Å²) in [7, 11) is 1.56. The molecule has 0 saturated heterocycles. The molecule has 5 nitrogen and oxygen atoms in total. The van der Waals surface area contributed by atoms with Crippen LogP contribution in [0.5, 0.6) is 0 Å². The third kappa shape index (κ3) is 3.52. The van der Waals surface area contributed by atoms with E-state index in [1.807, 2.05) is 0 Å². The van der Waals surface area contributed by atoms with E-state index in [1.54, 1.807) is 43.4 Å². The second-order valence-electron chi connectivity index (χ2n) is 4.35. The Morgan fingerprint density at radius 1 is 1.05 bits per heavy atom. The fraction of sp³-hybridized carbons (Fsp3) is 0.0667. The van der Waals surface area contributed by atoms with Gasteiger partial charge in [0, 0.05) is 24.0 Å². The van der Waals surface area contributed by atoms with Crippen LogP contribution in [0.25, 0.3) is 0 Å². The van der Waals surface area contributed by atoms with Gasteiger partial charge in [-0.1, -0.05) is 11.6 Å². The molecular formula is C15H14ClN3O2. The van der Waals surface area contributed by atoms with E-state index in [2.05, 4.69) is 10.6 Å². The molecule has 6 heteroatoms. The van der Waals surface area contributed by atoms with Gasteiger partial charge in [0.2, 0.25) is 0 Å². The summed E-state index contributed by atoms with van der Waals surface area (Å²) in [6.45, 7) is 0. The maximum Gasteiger partial charge on any atom is 0.257 e. The summed E-state index contributed by atoms with van der Waals surface area (Å²) in [5.41, 5.74) is 7.47. The largest absolute Gasteiger partial charge is 0.399 e. The van der Waals surface area contributed by atoms with Crippen molar-refractivity contribution < 1.29 is 9.59 Å². The maximum absolute atomic E-state index is 12.1. The van der Waals surface area contributed by atoms with Crippen molar-refractivity contribution in [3.05, 3.63) is 58.6 Å². The zero-order valence-corrected chi connectivity index (χ0v) is 12.1. The van der Waals surface area contributed by atoms with Crippen molar-refractivity contribution in [1.82, 2.24) is 5.32 Å². The normalized spacial score (nSPS) is 10.0. The molecule has 0 fully saturated rings. The Morgan fingerprint density at radius 2 is 1.71 bits per heavy atom. The number of hydrogen-bond acceptors (Lipinski definition) is 3. The lowest BCUT2D eigenvalue weighted by Crippen LogP contribution is -2.18. The zero-order chi connectivity index (χ0) is 15.4. The van der Waals surface area contributed by atoms with Gasteiger partial charge in [-0.3, -0.25) is 9.59 Å². The topological polar surface area (TPSA) is 84.2 Å². The molecular weight excluding hydrogens is 290 g/mol. The number of halogens is 1. The van der Waals surface area contributed by atoms with Gasteiger partial charge in [0.15, 0.2) is 0 Å². The molecule has 0 heterocycles. The predicted molar refractivity (Wildman–Crippen MR) is 83.6 cm³/mol. The van der Waals surface area contributed by atoms with Crippen LogP contribution in [0, 0.1) is 0 Å². The van der Waals surface area contributed by atoms with Gasteiger partial charge in [-0.25, -0.2) is 0 Å². The van der Waals surface area contributed by atoms with Gasteiger partial charge in [-0.05, 0) is 42.5 Å². The Morgan fingerprint density at radius 3 is 2.33 bits per heavy atom. The Labute approximate surface area is 127 Å². The number of rotatable bonds is 3. The monoisotopic (exact) mass is 303 g/mol. The van der Waals surface area contributed by atoms with Crippen LogP contribution in [0.1, 0.15) is 20.7 Å². The van der Waals surface area contributed by atoms with Gasteiger partial charge in [-0.15, -0.1) is 0 Å². The van der Waals surface area contributed by atoms with Crippen LogP contribution in [-0.4, -0.2) is 18.9 Å². The van der Waals surface area contributed by atoms with Crippen molar-refractivity contribution in [2.24, 2.45) is 0 Å². The average Bonchev–Trinajstić information content (AvgIpc) is 2.49. The molecule has 2 rings (SSSR count). The van der Waals surface area contributed by atoms with E-state index in [9.17, 15) is 9.59 Å². The molecule has 0 aliphatic carbocycles. The minimum atomic E-state index is -0.361. The minimum absolute atomic E-state index is 0.188. The highest BCUT2D eigenvalue weighted by Crippen LogP contribution is 2.20. The van der Waals surface area contributed by atoms with Crippen molar-refractivity contribution in [3.63, 3.8) is 0 Å². The Hall–Kier alpha value is -2.53. The molecule has 21 heavy (non-hydrogen) atoms. The molecule has 0 atom stereocenters. The molecule has 0 aliphatic heterocycles. The zero-order valence-electron chi connectivity index (χ0n) is 11.3. The number of carbonyl (C=O) groups excluding carboxylic acids is 2. The standard InChI is InChI=1S/C15H14ClN3O2/c1-18-14(20)9-2-5-11(6-3-9)19-15(21)12-8-10(17)4-7-13(12)16/h2-8H,17H2,1H3,(H,18,20)(H,19,21). The quantitative estimate of drug-likeness (QED) is 0.762. The van der Waals surface area contributed by atoms with Crippen molar-refractivity contribution in [2.45, 2.75) is 0 Å². The Bertz CT molecular complexity index is 684. The first-order valence-corrected chi connectivity index (χ1v) is 6.57. The van der Waals surface area contributed by atoms with E-state index in [0.717, 1.165) is 0 Å². The highest BCUT2D eigenvalue weighted by molar-refractivity contribution is 6.34. The summed E-state index contributed by atoms with van der Waals surface area (Å²) < 4.78 is 0. The molecule has 0 spiro atoms. The van der Waals surface area contributed by atoms with E-state index in [4.69, 9.17) is 17.3 Å². The van der Waals surface area contributed by atoms with E-state index in [1.165, 1.54) is 6.07 Å². The Balaban J connectivity index is 2.16. The highest BCUT2D eigenvalue weighted by atomic mass is 35.5. The van der Waals surface area contributed by atoms with Crippen LogP contribution >= 0.6 is 11.6 Å². The summed E-state index contributed by atoms with van der Waals surface area (Å²) in [6.07, 6.45) is 0. The van der Waals surface area contributed by atoms with Crippen LogP contribution in [0.4, 0.5) is 11.4 Å². The van der Waals surface area contributed by atoms with Crippen molar-refractivity contribution in [3.8, 4) is 0 Å². The first kappa shape index (κ1) is 14.9. The van der Waals surface area contributed by atoms with Crippen LogP contribution < -0.4 is 16.4 Å². The molecule has 0 unspecified atom stereocenters. The molecule has 0 aliphatic rings. The fourth-order valence-electron chi connectivity index (χ4n) is 1.76. The van der Waals surface area contributed by atoms with Gasteiger partial charge in [0.1, 0.15) is 0 Å². The molecule has 0 saturated carbocycles. The van der Waals surface area contributed by atoms with Crippen LogP contribution in [-0.2, 0) is 0 Å². The number of anilines is 2. The van der Waals surface area contributed by atoms with Crippen molar-refractivity contribution in [1.29, 1.82) is 0 Å². The maximum atomic E-state index is 12.1. The number of hydrogen-bond donors (Lipinski definition) is 3. The summed E-state index contributed by atoms with van der Waals surface area (Å²) in [4.78, 5) is 23.6. The highest BCUT2D eigenvalue weighted by Gasteiger charge is 2.11. The summed E-state index contributed by atoms with van der Waals surface area (Å²) in [6, 6.07) is 11.2. The van der Waals surface area contributed by atoms with Gasteiger partial charge in [0.25, 0.3) is 11.8 Å². The molecule has 108 valence electrons. The molecule has 2 aromatic rings. The molecule has 4 N–H and O–H groups in total. The van der Waals surface area contributed by atoms with Gasteiger partial charge in [0.05, 0.1) is 10.6 Å². The Kier molecular flexibility index (Phi) is 4.45. The van der Waals surface area contributed by atoms with Gasteiger partial charge in [-0.2, -0.15) is 0 Å². The first-order chi connectivity index (χ1) is 10.0. The SMILES string of the molecule is CNC(=O)c1ccc(NC(=O)c2cc(N)ccc2Cl)cc1. The fourth-order valence-corrected chi connectivity index (χ4v) is 1.97. The van der Waals surface area contributed by atoms with Gasteiger partial charge >= 0.3 is 0 Å². The third-order valence-corrected chi connectivity index (χ3v) is 3.20. The van der Waals surface area contributed by atoms with E-state index in [-0.39, 0.29) is 11.8 Å². The van der Waals surface area contributed by atoms with Crippen LogP contribution in [0.15, 0.2) is 42.5 Å². The summed E-state index contributed by atoms with van der Waals surface area (Å²) in [5.74, 6) is -0.549. The lowest BCUT2D eigenvalue weighted by atomic mass is 10.1. The second kappa shape index (κ2) is 6.28. The number of amides is 2. The first-order valence-electron chi connectivity index (χ1n) is 6.20. The lowest BCUT2D eigenvalue weighted by Gasteiger charge is -2.08. The lowest BCUT2D eigenvalue weighted by molar-refractivity contribution is 0.0962. The van der Waals surface area contributed by atoms with Crippen molar-refractivity contribution in [2.75, 3.05) is 18.1 Å². The number of nitrogens with one attached hydrogen (secondary N) is 2. The molecule has 0 radical (unpaired) electrons. The number of nitrogens with two attached hydrogens (primary N) is 1. The number of benzene rings is 2. The number of nitrogen functional groups attached to an aromatic ring is 1. The third-order valence-electron chi connectivity index (χ3n) is 2.87. The number of carbonyl (C=O) groups is 2. The van der Waals surface area contributed by atoms with Crippen LogP contribution in [0.2, 0.25) is 5.02 Å². The minimum Gasteiger partial charge on any atom is -0.399 e.